The number of nitro benzene ring substituents is 1. The molecule has 1 saturated heterocycles. The summed E-state index contributed by atoms with van der Waals surface area (Å²) >= 11 is 0. The Labute approximate surface area is 111 Å². The van der Waals surface area contributed by atoms with Gasteiger partial charge >= 0.3 is 0 Å². The molecule has 2 rings (SSSR count). The van der Waals surface area contributed by atoms with Gasteiger partial charge in [-0.3, -0.25) is 14.9 Å². The number of amides is 1. The van der Waals surface area contributed by atoms with Crippen molar-refractivity contribution in [2.24, 2.45) is 0 Å². The van der Waals surface area contributed by atoms with Gasteiger partial charge in [-0.2, -0.15) is 0 Å². The fourth-order valence-corrected chi connectivity index (χ4v) is 2.25. The molecule has 0 spiro atoms. The van der Waals surface area contributed by atoms with Crippen LogP contribution < -0.4 is 5.73 Å². The number of benzene rings is 1. The lowest BCUT2D eigenvalue weighted by Crippen LogP contribution is -2.30. The van der Waals surface area contributed by atoms with Crippen LogP contribution in [0.25, 0.3) is 0 Å². The molecule has 0 atom stereocenters. The van der Waals surface area contributed by atoms with Gasteiger partial charge in [0.05, 0.1) is 4.92 Å². The van der Waals surface area contributed by atoms with Gasteiger partial charge in [-0.05, 0) is 18.9 Å². The van der Waals surface area contributed by atoms with Crippen molar-refractivity contribution in [3.05, 3.63) is 33.9 Å². The van der Waals surface area contributed by atoms with Crippen LogP contribution in [0.1, 0.15) is 31.2 Å². The molecule has 0 saturated carbocycles. The number of likely N-dealkylation sites (tertiary alicyclic amines) is 1. The van der Waals surface area contributed by atoms with Gasteiger partial charge in [0.2, 0.25) is 5.91 Å². The zero-order valence-corrected chi connectivity index (χ0v) is 10.7. The Kier molecular flexibility index (Phi) is 3.99. The van der Waals surface area contributed by atoms with Crippen molar-refractivity contribution in [1.29, 1.82) is 0 Å². The van der Waals surface area contributed by atoms with Crippen molar-refractivity contribution >= 4 is 17.3 Å². The lowest BCUT2D eigenvalue weighted by molar-refractivity contribution is -0.384. The second-order valence-electron chi connectivity index (χ2n) is 4.77. The number of nitrogens with two attached hydrogens (primary N) is 1. The monoisotopic (exact) mass is 263 g/mol. The van der Waals surface area contributed by atoms with Crippen LogP contribution in [0, 0.1) is 10.1 Å². The quantitative estimate of drug-likeness (QED) is 0.513. The Morgan fingerprint density at radius 1 is 1.32 bits per heavy atom. The molecule has 6 nitrogen and oxygen atoms in total. The third-order valence-corrected chi connectivity index (χ3v) is 3.37. The average Bonchev–Trinajstić information content (AvgIpc) is 2.57. The first-order valence-electron chi connectivity index (χ1n) is 6.38. The molecule has 2 N–H and O–H groups in total. The van der Waals surface area contributed by atoms with E-state index in [2.05, 4.69) is 0 Å². The maximum absolute atomic E-state index is 11.9. The number of carbonyl (C=O) groups excluding carboxylic acids is 1. The molecule has 19 heavy (non-hydrogen) atoms. The number of hydrogen-bond donors (Lipinski definition) is 1. The first-order valence-corrected chi connectivity index (χ1v) is 6.38. The molecular formula is C13H17N3O3. The zero-order valence-electron chi connectivity index (χ0n) is 10.7. The Bertz CT molecular complexity index is 502. The smallest absolute Gasteiger partial charge is 0.269 e. The predicted molar refractivity (Wildman–Crippen MR) is 71.4 cm³/mol. The van der Waals surface area contributed by atoms with Crippen LogP contribution >= 0.6 is 0 Å². The van der Waals surface area contributed by atoms with E-state index in [1.165, 1.54) is 18.2 Å². The average molecular weight is 263 g/mol. The Morgan fingerprint density at radius 3 is 2.84 bits per heavy atom. The largest absolute Gasteiger partial charge is 0.398 e. The standard InChI is InChI=1S/C13H17N3O3/c14-12-6-5-11(16(18)19)8-10(12)9-15-7-3-1-2-4-13(15)17/h5-6,8H,1-4,7,9,14H2. The van der Waals surface area contributed by atoms with E-state index in [0.29, 0.717) is 30.8 Å². The summed E-state index contributed by atoms with van der Waals surface area (Å²) in [6.45, 7) is 1.05. The molecule has 0 unspecified atom stereocenters. The maximum atomic E-state index is 11.9. The van der Waals surface area contributed by atoms with Gasteiger partial charge < -0.3 is 10.6 Å². The van der Waals surface area contributed by atoms with Gasteiger partial charge in [-0.1, -0.05) is 6.42 Å². The van der Waals surface area contributed by atoms with Gasteiger partial charge in [-0.15, -0.1) is 0 Å². The third kappa shape index (κ3) is 3.21. The molecule has 1 aromatic rings. The van der Waals surface area contributed by atoms with Crippen molar-refractivity contribution in [2.45, 2.75) is 32.2 Å². The summed E-state index contributed by atoms with van der Waals surface area (Å²) in [4.78, 5) is 23.9. The van der Waals surface area contributed by atoms with E-state index in [1.54, 1.807) is 4.90 Å². The molecule has 1 fully saturated rings. The van der Waals surface area contributed by atoms with E-state index < -0.39 is 4.92 Å². The van der Waals surface area contributed by atoms with Gasteiger partial charge in [0.25, 0.3) is 5.69 Å². The van der Waals surface area contributed by atoms with Crippen molar-refractivity contribution in [3.63, 3.8) is 0 Å². The summed E-state index contributed by atoms with van der Waals surface area (Å²) in [6, 6.07) is 4.35. The third-order valence-electron chi connectivity index (χ3n) is 3.37. The number of nitrogens with zero attached hydrogens (tertiary/aromatic N) is 2. The number of anilines is 1. The number of hydrogen-bond acceptors (Lipinski definition) is 4. The zero-order chi connectivity index (χ0) is 13.8. The summed E-state index contributed by atoms with van der Waals surface area (Å²) in [5.74, 6) is 0.100. The lowest BCUT2D eigenvalue weighted by Gasteiger charge is -2.21. The first kappa shape index (κ1) is 13.3. The van der Waals surface area contributed by atoms with E-state index in [0.717, 1.165) is 19.3 Å². The summed E-state index contributed by atoms with van der Waals surface area (Å²) < 4.78 is 0. The summed E-state index contributed by atoms with van der Waals surface area (Å²) in [5, 5.41) is 10.8. The van der Waals surface area contributed by atoms with Gasteiger partial charge in [0, 0.05) is 42.9 Å². The molecule has 0 aromatic heterocycles. The highest BCUT2D eigenvalue weighted by atomic mass is 16.6. The van der Waals surface area contributed by atoms with Gasteiger partial charge in [0.1, 0.15) is 0 Å². The molecule has 102 valence electrons. The fraction of sp³-hybridized carbons (Fsp3) is 0.462. The molecule has 1 aliphatic rings. The van der Waals surface area contributed by atoms with Crippen LogP contribution in [0.4, 0.5) is 11.4 Å². The molecule has 1 aromatic carbocycles. The van der Waals surface area contributed by atoms with E-state index in [1.807, 2.05) is 0 Å². The normalized spacial score (nSPS) is 16.2. The number of nitro groups is 1. The molecule has 1 heterocycles. The van der Waals surface area contributed by atoms with E-state index in [-0.39, 0.29) is 11.6 Å². The fourth-order valence-electron chi connectivity index (χ4n) is 2.25. The first-order chi connectivity index (χ1) is 9.08. The Morgan fingerprint density at radius 2 is 2.11 bits per heavy atom. The van der Waals surface area contributed by atoms with Gasteiger partial charge in [-0.25, -0.2) is 0 Å². The van der Waals surface area contributed by atoms with Crippen LogP contribution in [0.15, 0.2) is 18.2 Å². The summed E-state index contributed by atoms with van der Waals surface area (Å²) in [5.41, 5.74) is 6.97. The van der Waals surface area contributed by atoms with Crippen molar-refractivity contribution in [1.82, 2.24) is 4.90 Å². The molecule has 0 bridgehead atoms. The summed E-state index contributed by atoms with van der Waals surface area (Å²) in [7, 11) is 0. The number of non-ortho nitro benzene ring substituents is 1. The maximum Gasteiger partial charge on any atom is 0.269 e. The van der Waals surface area contributed by atoms with Gasteiger partial charge in [0.15, 0.2) is 0 Å². The Balaban J connectivity index is 2.19. The highest BCUT2D eigenvalue weighted by Gasteiger charge is 2.18. The minimum atomic E-state index is -0.451. The minimum Gasteiger partial charge on any atom is -0.398 e. The molecular weight excluding hydrogens is 246 g/mol. The topological polar surface area (TPSA) is 89.5 Å². The second kappa shape index (κ2) is 5.69. The van der Waals surface area contributed by atoms with Crippen molar-refractivity contribution in [2.75, 3.05) is 12.3 Å². The SMILES string of the molecule is Nc1ccc([N+](=O)[O-])cc1CN1CCCCCC1=O. The van der Waals surface area contributed by atoms with E-state index in [9.17, 15) is 14.9 Å². The highest BCUT2D eigenvalue weighted by molar-refractivity contribution is 5.76. The Hall–Kier alpha value is -2.11. The van der Waals surface area contributed by atoms with Crippen LogP contribution in [0.2, 0.25) is 0 Å². The molecule has 1 amide bonds. The molecule has 6 heteroatoms. The van der Waals surface area contributed by atoms with Crippen LogP contribution in [-0.4, -0.2) is 22.3 Å². The highest BCUT2D eigenvalue weighted by Crippen LogP contribution is 2.22. The second-order valence-corrected chi connectivity index (χ2v) is 4.77. The van der Waals surface area contributed by atoms with Crippen molar-refractivity contribution < 1.29 is 9.72 Å². The number of rotatable bonds is 3. The van der Waals surface area contributed by atoms with Crippen LogP contribution in [-0.2, 0) is 11.3 Å². The summed E-state index contributed by atoms with van der Waals surface area (Å²) in [6.07, 6.45) is 3.49. The molecule has 1 aliphatic heterocycles. The predicted octanol–water partition coefficient (Wildman–Crippen LogP) is 2.08. The van der Waals surface area contributed by atoms with E-state index >= 15 is 0 Å². The van der Waals surface area contributed by atoms with E-state index in [4.69, 9.17) is 5.73 Å². The van der Waals surface area contributed by atoms with Crippen LogP contribution in [0.5, 0.6) is 0 Å². The number of nitrogen functional groups attached to an aromatic ring is 1. The lowest BCUT2D eigenvalue weighted by atomic mass is 10.1. The molecule has 0 aliphatic carbocycles. The minimum absolute atomic E-state index is 0.00599. The van der Waals surface area contributed by atoms with Crippen LogP contribution in [0.3, 0.4) is 0 Å². The molecule has 0 radical (unpaired) electrons. The van der Waals surface area contributed by atoms with Crippen molar-refractivity contribution in [3.8, 4) is 0 Å². The number of carbonyl (C=O) groups is 1.